The first-order valence-corrected chi connectivity index (χ1v) is 21.5. The Labute approximate surface area is 357 Å². The van der Waals surface area contributed by atoms with Crippen LogP contribution < -0.4 is 0 Å². The number of aromatic nitrogens is 6. The van der Waals surface area contributed by atoms with Crippen LogP contribution in [0.15, 0.2) is 182 Å². The lowest BCUT2D eigenvalue weighted by molar-refractivity contribution is 0.954. The fraction of sp³-hybridized carbons (Fsp3) is 0. The lowest BCUT2D eigenvalue weighted by atomic mass is 9.96. The maximum Gasteiger partial charge on any atom is 0.238 e. The Morgan fingerprint density at radius 3 is 1.81 bits per heavy atom. The van der Waals surface area contributed by atoms with E-state index in [9.17, 15) is 0 Å². The second-order valence-corrected chi connectivity index (χ2v) is 17.1. The Morgan fingerprint density at radius 2 is 0.921 bits per heavy atom. The van der Waals surface area contributed by atoms with Gasteiger partial charge >= 0.3 is 0 Å². The maximum atomic E-state index is 5.53. The maximum absolute atomic E-state index is 5.53. The monoisotopic (exact) mass is 798 g/mol. The van der Waals surface area contributed by atoms with Crippen LogP contribution in [0.3, 0.4) is 0 Å². The molecule has 63 heavy (non-hydrogen) atoms. The van der Waals surface area contributed by atoms with Crippen LogP contribution in [0.25, 0.3) is 148 Å². The van der Waals surface area contributed by atoms with E-state index in [0.29, 0.717) is 17.6 Å². The molecule has 0 fully saturated rings. The molecule has 6 nitrogen and oxygen atoms in total. The van der Waals surface area contributed by atoms with Gasteiger partial charge in [-0.05, 0) is 57.9 Å². The van der Waals surface area contributed by atoms with Crippen molar-refractivity contribution in [1.29, 1.82) is 0 Å². The first kappa shape index (κ1) is 32.2. The van der Waals surface area contributed by atoms with Crippen LogP contribution in [-0.2, 0) is 0 Å². The largest absolute Gasteiger partial charge is 0.309 e. The van der Waals surface area contributed by atoms with E-state index in [4.69, 9.17) is 15.0 Å². The Morgan fingerprint density at radius 1 is 0.317 bits per heavy atom. The van der Waals surface area contributed by atoms with Crippen LogP contribution in [-0.4, -0.2) is 28.5 Å². The summed E-state index contributed by atoms with van der Waals surface area (Å²) in [6.45, 7) is 0. The molecule has 0 aliphatic heterocycles. The zero-order valence-electron chi connectivity index (χ0n) is 33.5. The molecular weight excluding hydrogens is 769 g/mol. The van der Waals surface area contributed by atoms with Gasteiger partial charge in [-0.25, -0.2) is 4.98 Å². The molecule has 0 unspecified atom stereocenters. The third-order valence-electron chi connectivity index (χ3n) is 14.1. The second kappa shape index (κ2) is 11.2. The molecule has 0 saturated heterocycles. The second-order valence-electron chi connectivity index (χ2n) is 17.1. The highest BCUT2D eigenvalue weighted by atomic mass is 15.2. The van der Waals surface area contributed by atoms with E-state index in [1.165, 1.54) is 81.2 Å². The van der Waals surface area contributed by atoms with Gasteiger partial charge in [0.1, 0.15) is 0 Å². The standard InChI is InChI=1S/C57H30N6/c1-2-12-35(13-3-1)61-44-19-7-6-15-37(44)38-25-23-34(30-47(38)61)55-58-56(43-18-8-11-31-10-4-5-14-36(31)43)60-57(59-55)62-45-28-24-32-20-21-33-22-26-41-39-16-9-17-40-42-27-29-46(62)51-50(45)48(32)49(33)53(41)63(52(39)40)54(42)51/h1-30H. The Hall–Kier alpha value is -8.61. The quantitative estimate of drug-likeness (QED) is 0.167. The Kier molecular flexibility index (Phi) is 5.72. The van der Waals surface area contributed by atoms with Crippen molar-refractivity contribution in [2.24, 2.45) is 0 Å². The summed E-state index contributed by atoms with van der Waals surface area (Å²) in [5.74, 6) is 1.84. The van der Waals surface area contributed by atoms with Gasteiger partial charge in [-0.2, -0.15) is 9.97 Å². The lowest BCUT2D eigenvalue weighted by Crippen LogP contribution is -2.06. The van der Waals surface area contributed by atoms with Crippen LogP contribution in [0.2, 0.25) is 0 Å². The van der Waals surface area contributed by atoms with Gasteiger partial charge in [-0.3, -0.25) is 4.57 Å². The fourth-order valence-corrected chi connectivity index (χ4v) is 11.6. The molecule has 0 atom stereocenters. The smallest absolute Gasteiger partial charge is 0.238 e. The highest BCUT2D eigenvalue weighted by molar-refractivity contribution is 6.41. The number of benzene rings is 10. The number of hydrogen-bond acceptors (Lipinski definition) is 3. The number of hydrogen-bond donors (Lipinski definition) is 0. The molecule has 0 spiro atoms. The van der Waals surface area contributed by atoms with Crippen LogP contribution in [0.1, 0.15) is 0 Å². The highest BCUT2D eigenvalue weighted by Crippen LogP contribution is 2.51. The molecule has 16 aromatic rings. The first-order valence-electron chi connectivity index (χ1n) is 21.5. The van der Waals surface area contributed by atoms with Crippen molar-refractivity contribution in [2.75, 3.05) is 0 Å². The third-order valence-corrected chi connectivity index (χ3v) is 14.1. The van der Waals surface area contributed by atoms with Crippen molar-refractivity contribution in [2.45, 2.75) is 0 Å². The molecule has 288 valence electrons. The van der Waals surface area contributed by atoms with Crippen LogP contribution >= 0.6 is 0 Å². The van der Waals surface area contributed by atoms with Crippen molar-refractivity contribution in [3.05, 3.63) is 182 Å². The molecule has 0 saturated carbocycles. The van der Waals surface area contributed by atoms with Gasteiger partial charge in [0, 0.05) is 70.7 Å². The van der Waals surface area contributed by atoms with Crippen LogP contribution in [0.5, 0.6) is 0 Å². The van der Waals surface area contributed by atoms with Crippen molar-refractivity contribution in [1.82, 2.24) is 28.5 Å². The Balaban J connectivity index is 1.06. The van der Waals surface area contributed by atoms with Crippen molar-refractivity contribution >= 4 is 114 Å². The normalized spacial score (nSPS) is 12.8. The minimum absolute atomic E-state index is 0.588. The SMILES string of the molecule is c1ccc(-n2c3ccccc3c3ccc(-c4nc(-c5cccc6ccccc56)nc(-n5c6ccc7ccc8ccc9c%10cccc%11c%12ccc5c5c6c7c8c9n(c%10%11)c%125)n4)cc32)cc1. The predicted octanol–water partition coefficient (Wildman–Crippen LogP) is 14.3. The zero-order chi connectivity index (χ0) is 40.7. The average Bonchev–Trinajstić information content (AvgIpc) is 4.05. The zero-order valence-corrected chi connectivity index (χ0v) is 33.5. The molecule has 0 aliphatic carbocycles. The van der Waals surface area contributed by atoms with E-state index in [2.05, 4.69) is 196 Å². The van der Waals surface area contributed by atoms with Crippen LogP contribution in [0, 0.1) is 0 Å². The Bertz CT molecular complexity index is 4550. The third kappa shape index (κ3) is 3.89. The molecule has 10 aromatic carbocycles. The summed E-state index contributed by atoms with van der Waals surface area (Å²) in [5.41, 5.74) is 11.2. The van der Waals surface area contributed by atoms with Gasteiger partial charge in [0.15, 0.2) is 11.6 Å². The molecule has 0 amide bonds. The van der Waals surface area contributed by atoms with Gasteiger partial charge < -0.3 is 8.97 Å². The predicted molar refractivity (Wildman–Crippen MR) is 260 cm³/mol. The van der Waals surface area contributed by atoms with E-state index >= 15 is 0 Å². The molecule has 0 bridgehead atoms. The summed E-state index contributed by atoms with van der Waals surface area (Å²) in [4.78, 5) is 16.4. The minimum atomic E-state index is 0.588. The van der Waals surface area contributed by atoms with Gasteiger partial charge in [-0.15, -0.1) is 0 Å². The van der Waals surface area contributed by atoms with Crippen molar-refractivity contribution < 1.29 is 0 Å². The fourth-order valence-electron chi connectivity index (χ4n) is 11.6. The molecular formula is C57H30N6. The first-order chi connectivity index (χ1) is 31.3. The number of rotatable bonds is 4. The molecule has 0 radical (unpaired) electrons. The van der Waals surface area contributed by atoms with Gasteiger partial charge in [0.05, 0.1) is 38.6 Å². The van der Waals surface area contributed by atoms with Gasteiger partial charge in [0.25, 0.3) is 0 Å². The summed E-state index contributed by atoms with van der Waals surface area (Å²) in [7, 11) is 0. The van der Waals surface area contributed by atoms with Crippen LogP contribution in [0.4, 0.5) is 0 Å². The molecule has 16 rings (SSSR count). The summed E-state index contributed by atoms with van der Waals surface area (Å²) in [5, 5.41) is 17.3. The highest BCUT2D eigenvalue weighted by Gasteiger charge is 2.29. The summed E-state index contributed by atoms with van der Waals surface area (Å²) in [6.07, 6.45) is 0. The average molecular weight is 799 g/mol. The lowest BCUT2D eigenvalue weighted by Gasteiger charge is -2.13. The topological polar surface area (TPSA) is 52.9 Å². The van der Waals surface area contributed by atoms with Gasteiger partial charge in [0.2, 0.25) is 5.95 Å². The summed E-state index contributed by atoms with van der Waals surface area (Å²) < 4.78 is 7.23. The number of nitrogens with zero attached hydrogens (tertiary/aromatic N) is 6. The molecule has 6 heteroatoms. The molecule has 6 heterocycles. The minimum Gasteiger partial charge on any atom is -0.309 e. The van der Waals surface area contributed by atoms with E-state index in [0.717, 1.165) is 49.7 Å². The van der Waals surface area contributed by atoms with Crippen molar-refractivity contribution in [3.8, 4) is 34.4 Å². The van der Waals surface area contributed by atoms with E-state index in [1.54, 1.807) is 0 Å². The molecule has 0 N–H and O–H groups in total. The van der Waals surface area contributed by atoms with Gasteiger partial charge in [-0.1, -0.05) is 146 Å². The van der Waals surface area contributed by atoms with E-state index < -0.39 is 0 Å². The van der Waals surface area contributed by atoms with Crippen molar-refractivity contribution in [3.63, 3.8) is 0 Å². The number of para-hydroxylation sites is 3. The molecule has 0 aliphatic rings. The summed E-state index contributed by atoms with van der Waals surface area (Å²) >= 11 is 0. The van der Waals surface area contributed by atoms with E-state index in [-0.39, 0.29) is 0 Å². The van der Waals surface area contributed by atoms with E-state index in [1.807, 2.05) is 0 Å². The molecule has 6 aromatic heterocycles. The summed E-state index contributed by atoms with van der Waals surface area (Å²) in [6, 6.07) is 66.0. The number of fused-ring (bicyclic) bond motifs is 6.